The van der Waals surface area contributed by atoms with Crippen LogP contribution in [0, 0.1) is 5.92 Å². The molecular formula is C14H23N3O. The van der Waals surface area contributed by atoms with Gasteiger partial charge in [-0.25, -0.2) is 4.98 Å². The van der Waals surface area contributed by atoms with Crippen molar-refractivity contribution in [2.75, 3.05) is 7.05 Å². The predicted molar refractivity (Wildman–Crippen MR) is 70.9 cm³/mol. The molecule has 0 atom stereocenters. The summed E-state index contributed by atoms with van der Waals surface area (Å²) in [6, 6.07) is 0. The minimum atomic E-state index is 0.233. The number of aromatic amines is 1. The molecule has 0 aromatic carbocycles. The van der Waals surface area contributed by atoms with Crippen LogP contribution in [0.1, 0.15) is 50.8 Å². The standard InChI is InChI=1S/C14H23N3O/c1-17(11-13-15-9-10-16-13)14(18)8-7-12-5-3-2-4-6-12/h9-10,12H,2-8,11H2,1H3,(H,15,16). The molecule has 1 aliphatic rings. The number of nitrogens with one attached hydrogen (secondary N) is 1. The third kappa shape index (κ3) is 3.86. The topological polar surface area (TPSA) is 49.0 Å². The second-order valence-corrected chi connectivity index (χ2v) is 5.33. The molecule has 100 valence electrons. The Morgan fingerprint density at radius 3 is 2.89 bits per heavy atom. The lowest BCUT2D eigenvalue weighted by Crippen LogP contribution is -2.27. The van der Waals surface area contributed by atoms with E-state index >= 15 is 0 Å². The maximum atomic E-state index is 12.0. The van der Waals surface area contributed by atoms with Gasteiger partial charge in [0.25, 0.3) is 0 Å². The highest BCUT2D eigenvalue weighted by Crippen LogP contribution is 2.27. The monoisotopic (exact) mass is 249 g/mol. The Hall–Kier alpha value is -1.32. The van der Waals surface area contributed by atoms with Crippen molar-refractivity contribution in [3.8, 4) is 0 Å². The van der Waals surface area contributed by atoms with E-state index in [0.717, 1.165) is 18.2 Å². The number of aromatic nitrogens is 2. The van der Waals surface area contributed by atoms with Crippen LogP contribution in [0.4, 0.5) is 0 Å². The molecule has 18 heavy (non-hydrogen) atoms. The van der Waals surface area contributed by atoms with E-state index in [1.807, 2.05) is 7.05 Å². The molecule has 4 nitrogen and oxygen atoms in total. The highest BCUT2D eigenvalue weighted by molar-refractivity contribution is 5.75. The van der Waals surface area contributed by atoms with Gasteiger partial charge >= 0.3 is 0 Å². The Bertz CT molecular complexity index is 355. The van der Waals surface area contributed by atoms with Crippen LogP contribution in [0.5, 0.6) is 0 Å². The zero-order chi connectivity index (χ0) is 12.8. The first-order chi connectivity index (χ1) is 8.75. The van der Waals surface area contributed by atoms with Crippen molar-refractivity contribution in [3.63, 3.8) is 0 Å². The second-order valence-electron chi connectivity index (χ2n) is 5.33. The average Bonchev–Trinajstić information content (AvgIpc) is 2.90. The van der Waals surface area contributed by atoms with Gasteiger partial charge in [-0.2, -0.15) is 0 Å². The molecule has 4 heteroatoms. The zero-order valence-corrected chi connectivity index (χ0v) is 11.2. The van der Waals surface area contributed by atoms with E-state index in [2.05, 4.69) is 9.97 Å². The third-order valence-electron chi connectivity index (χ3n) is 3.86. The van der Waals surface area contributed by atoms with Crippen molar-refractivity contribution in [1.29, 1.82) is 0 Å². The van der Waals surface area contributed by atoms with Crippen LogP contribution in [0.2, 0.25) is 0 Å². The Labute approximate surface area is 109 Å². The van der Waals surface area contributed by atoms with Gasteiger partial charge < -0.3 is 9.88 Å². The summed E-state index contributed by atoms with van der Waals surface area (Å²) in [4.78, 5) is 20.9. The van der Waals surface area contributed by atoms with Crippen LogP contribution in [0.3, 0.4) is 0 Å². The van der Waals surface area contributed by atoms with Crippen LogP contribution in [0.25, 0.3) is 0 Å². The molecule has 1 saturated carbocycles. The zero-order valence-electron chi connectivity index (χ0n) is 11.2. The lowest BCUT2D eigenvalue weighted by Gasteiger charge is -2.22. The quantitative estimate of drug-likeness (QED) is 0.872. The molecule has 0 saturated heterocycles. The van der Waals surface area contributed by atoms with Crippen LogP contribution in [-0.4, -0.2) is 27.8 Å². The van der Waals surface area contributed by atoms with E-state index in [1.165, 1.54) is 32.1 Å². The first-order valence-electron chi connectivity index (χ1n) is 6.98. The highest BCUT2D eigenvalue weighted by atomic mass is 16.2. The van der Waals surface area contributed by atoms with Gasteiger partial charge in [-0.15, -0.1) is 0 Å². The number of nitrogens with zero attached hydrogens (tertiary/aromatic N) is 2. The summed E-state index contributed by atoms with van der Waals surface area (Å²) in [5.74, 6) is 1.86. The van der Waals surface area contributed by atoms with Crippen molar-refractivity contribution < 1.29 is 4.79 Å². The summed E-state index contributed by atoms with van der Waals surface area (Å²) in [5.41, 5.74) is 0. The molecule has 1 aromatic rings. The molecule has 1 aliphatic carbocycles. The normalized spacial score (nSPS) is 16.7. The number of carbonyl (C=O) groups is 1. The van der Waals surface area contributed by atoms with Crippen LogP contribution >= 0.6 is 0 Å². The molecular weight excluding hydrogens is 226 g/mol. The molecule has 2 rings (SSSR count). The number of imidazole rings is 1. The van der Waals surface area contributed by atoms with Gasteiger partial charge in [0, 0.05) is 25.9 Å². The Morgan fingerprint density at radius 2 is 2.22 bits per heavy atom. The van der Waals surface area contributed by atoms with Gasteiger partial charge in [0.1, 0.15) is 5.82 Å². The summed E-state index contributed by atoms with van der Waals surface area (Å²) in [7, 11) is 1.85. The van der Waals surface area contributed by atoms with E-state index in [4.69, 9.17) is 0 Å². The average molecular weight is 249 g/mol. The third-order valence-corrected chi connectivity index (χ3v) is 3.86. The predicted octanol–water partition coefficient (Wildman–Crippen LogP) is 2.73. The molecule has 0 spiro atoms. The van der Waals surface area contributed by atoms with Crippen LogP contribution in [-0.2, 0) is 11.3 Å². The number of hydrogen-bond acceptors (Lipinski definition) is 2. The fourth-order valence-corrected chi connectivity index (χ4v) is 2.69. The minimum absolute atomic E-state index is 0.233. The van der Waals surface area contributed by atoms with E-state index in [9.17, 15) is 4.79 Å². The molecule has 1 amide bonds. The van der Waals surface area contributed by atoms with Gasteiger partial charge in [0.2, 0.25) is 5.91 Å². The van der Waals surface area contributed by atoms with Gasteiger partial charge in [0.05, 0.1) is 6.54 Å². The van der Waals surface area contributed by atoms with Crippen molar-refractivity contribution in [3.05, 3.63) is 18.2 Å². The van der Waals surface area contributed by atoms with Gasteiger partial charge in [-0.3, -0.25) is 4.79 Å². The molecule has 1 fully saturated rings. The summed E-state index contributed by atoms with van der Waals surface area (Å²) in [6.45, 7) is 0.580. The SMILES string of the molecule is CN(Cc1ncc[nH]1)C(=O)CCC1CCCCC1. The van der Waals surface area contributed by atoms with Crippen molar-refractivity contribution in [2.24, 2.45) is 5.92 Å². The van der Waals surface area contributed by atoms with Gasteiger partial charge in [0.15, 0.2) is 0 Å². The van der Waals surface area contributed by atoms with E-state index in [0.29, 0.717) is 13.0 Å². The maximum absolute atomic E-state index is 12.0. The fraction of sp³-hybridized carbons (Fsp3) is 0.714. The van der Waals surface area contributed by atoms with Gasteiger partial charge in [-0.1, -0.05) is 32.1 Å². The number of carbonyl (C=O) groups excluding carboxylic acids is 1. The van der Waals surface area contributed by atoms with Gasteiger partial charge in [-0.05, 0) is 12.3 Å². The molecule has 0 unspecified atom stereocenters. The summed E-state index contributed by atoms with van der Waals surface area (Å²) in [6.07, 6.45) is 11.9. The van der Waals surface area contributed by atoms with E-state index < -0.39 is 0 Å². The van der Waals surface area contributed by atoms with E-state index in [-0.39, 0.29) is 5.91 Å². The summed E-state index contributed by atoms with van der Waals surface area (Å²) in [5, 5.41) is 0. The number of hydrogen-bond donors (Lipinski definition) is 1. The molecule has 0 bridgehead atoms. The van der Waals surface area contributed by atoms with Crippen LogP contribution < -0.4 is 0 Å². The molecule has 1 heterocycles. The highest BCUT2D eigenvalue weighted by Gasteiger charge is 2.16. The Kier molecular flexibility index (Phi) is 4.79. The maximum Gasteiger partial charge on any atom is 0.222 e. The Balaban J connectivity index is 1.70. The number of rotatable bonds is 5. The first kappa shape index (κ1) is 13.1. The van der Waals surface area contributed by atoms with Crippen LogP contribution in [0.15, 0.2) is 12.4 Å². The molecule has 1 aromatic heterocycles. The number of amides is 1. The fourth-order valence-electron chi connectivity index (χ4n) is 2.69. The first-order valence-corrected chi connectivity index (χ1v) is 6.98. The molecule has 1 N–H and O–H groups in total. The lowest BCUT2D eigenvalue weighted by molar-refractivity contribution is -0.130. The van der Waals surface area contributed by atoms with Crippen molar-refractivity contribution in [2.45, 2.75) is 51.5 Å². The largest absolute Gasteiger partial charge is 0.347 e. The Morgan fingerprint density at radius 1 is 1.44 bits per heavy atom. The molecule has 0 radical (unpaired) electrons. The van der Waals surface area contributed by atoms with Crippen molar-refractivity contribution in [1.82, 2.24) is 14.9 Å². The molecule has 0 aliphatic heterocycles. The number of H-pyrrole nitrogens is 1. The van der Waals surface area contributed by atoms with E-state index in [1.54, 1.807) is 17.3 Å². The second kappa shape index (κ2) is 6.57. The smallest absolute Gasteiger partial charge is 0.222 e. The lowest BCUT2D eigenvalue weighted by atomic mass is 9.86. The minimum Gasteiger partial charge on any atom is -0.347 e. The summed E-state index contributed by atoms with van der Waals surface area (Å²) < 4.78 is 0. The van der Waals surface area contributed by atoms with Crippen molar-refractivity contribution >= 4 is 5.91 Å². The summed E-state index contributed by atoms with van der Waals surface area (Å²) >= 11 is 0.